The van der Waals surface area contributed by atoms with Gasteiger partial charge in [-0.15, -0.1) is 0 Å². The van der Waals surface area contributed by atoms with Gasteiger partial charge in [-0.05, 0) is 6.92 Å². The van der Waals surface area contributed by atoms with E-state index in [2.05, 4.69) is 9.47 Å². The van der Waals surface area contributed by atoms with E-state index in [1.165, 1.54) is 31.9 Å². The smallest absolute Gasteiger partial charge is 0.340 e. The maximum Gasteiger partial charge on any atom is 0.340 e. The van der Waals surface area contributed by atoms with Crippen molar-refractivity contribution in [1.29, 1.82) is 0 Å². The second-order valence-corrected chi connectivity index (χ2v) is 6.46. The summed E-state index contributed by atoms with van der Waals surface area (Å²) in [6, 6.07) is 0. The molecule has 1 unspecified atom stereocenters. The molecule has 8 heteroatoms. The number of rotatable bonds is 2. The molecule has 1 atom stereocenters. The first kappa shape index (κ1) is 13.6. The maximum atomic E-state index is 11.8. The predicted octanol–water partition coefficient (Wildman–Crippen LogP) is 0.508. The monoisotopic (exact) mass is 287 g/mol. The molecule has 0 N–H and O–H groups in total. The van der Waals surface area contributed by atoms with Gasteiger partial charge < -0.3 is 14.0 Å². The Balaban J connectivity index is 2.67. The zero-order valence-corrected chi connectivity index (χ0v) is 11.5. The van der Waals surface area contributed by atoms with Crippen LogP contribution in [0.3, 0.4) is 0 Å². The third-order valence-electron chi connectivity index (χ3n) is 3.18. The van der Waals surface area contributed by atoms with Crippen LogP contribution in [-0.2, 0) is 25.1 Å². The zero-order chi connectivity index (χ0) is 14.4. The van der Waals surface area contributed by atoms with Crippen LogP contribution in [0.25, 0.3) is 0 Å². The van der Waals surface area contributed by atoms with Crippen LogP contribution in [0.15, 0.2) is 6.20 Å². The Kier molecular flexibility index (Phi) is 3.13. The van der Waals surface area contributed by atoms with Crippen molar-refractivity contribution in [3.8, 4) is 0 Å². The lowest BCUT2D eigenvalue weighted by atomic mass is 10.1. The average Bonchev–Trinajstić information content (AvgIpc) is 2.83. The standard InChI is InChI=1S/C11H13NO6S/c1-6-12-4-7(10(13)17-2)9(11(14)18-3)8(12)5-19(6,15)16/h4,6H,5H2,1-3H3. The highest BCUT2D eigenvalue weighted by molar-refractivity contribution is 7.90. The van der Waals surface area contributed by atoms with E-state index in [4.69, 9.17) is 0 Å². The SMILES string of the molecule is COC(=O)c1cn2c(c1C(=O)OC)CS(=O)(=O)C2C. The van der Waals surface area contributed by atoms with Crippen LogP contribution >= 0.6 is 0 Å². The summed E-state index contributed by atoms with van der Waals surface area (Å²) in [4.78, 5) is 23.4. The number of ether oxygens (including phenoxy) is 2. The number of carbonyl (C=O) groups excluding carboxylic acids is 2. The lowest BCUT2D eigenvalue weighted by Crippen LogP contribution is -2.12. The molecular formula is C11H13NO6S. The summed E-state index contributed by atoms with van der Waals surface area (Å²) in [5.41, 5.74) is 0.244. The highest BCUT2D eigenvalue weighted by Gasteiger charge is 2.39. The summed E-state index contributed by atoms with van der Waals surface area (Å²) >= 11 is 0. The molecule has 0 saturated heterocycles. The fraction of sp³-hybridized carbons (Fsp3) is 0.455. The zero-order valence-electron chi connectivity index (χ0n) is 10.7. The Labute approximate surface area is 110 Å². The minimum absolute atomic E-state index is 0.0195. The van der Waals surface area contributed by atoms with Crippen LogP contribution in [0.5, 0.6) is 0 Å². The van der Waals surface area contributed by atoms with E-state index in [0.29, 0.717) is 0 Å². The Bertz CT molecular complexity index is 657. The van der Waals surface area contributed by atoms with Gasteiger partial charge >= 0.3 is 11.9 Å². The second kappa shape index (κ2) is 4.37. The lowest BCUT2D eigenvalue weighted by molar-refractivity contribution is 0.0556. The fourth-order valence-electron chi connectivity index (χ4n) is 2.12. The predicted molar refractivity (Wildman–Crippen MR) is 64.4 cm³/mol. The van der Waals surface area contributed by atoms with Gasteiger partial charge in [0.1, 0.15) is 5.37 Å². The molecule has 2 rings (SSSR count). The number of hydrogen-bond acceptors (Lipinski definition) is 6. The Morgan fingerprint density at radius 2 is 1.84 bits per heavy atom. The topological polar surface area (TPSA) is 91.7 Å². The maximum absolute atomic E-state index is 11.8. The number of esters is 2. The first-order valence-electron chi connectivity index (χ1n) is 5.45. The van der Waals surface area contributed by atoms with Gasteiger partial charge in [0, 0.05) is 11.9 Å². The summed E-state index contributed by atoms with van der Waals surface area (Å²) in [5, 5.41) is -0.815. The van der Waals surface area contributed by atoms with Crippen LogP contribution in [0.1, 0.15) is 38.7 Å². The van der Waals surface area contributed by atoms with E-state index >= 15 is 0 Å². The molecule has 1 aromatic heterocycles. The molecule has 0 aromatic carbocycles. The molecule has 1 aliphatic rings. The van der Waals surface area contributed by atoms with Crippen molar-refractivity contribution in [2.75, 3.05) is 14.2 Å². The van der Waals surface area contributed by atoms with Crippen molar-refractivity contribution < 1.29 is 27.5 Å². The number of aromatic nitrogens is 1. The van der Waals surface area contributed by atoms with Gasteiger partial charge in [-0.3, -0.25) is 0 Å². The Morgan fingerprint density at radius 3 is 2.37 bits per heavy atom. The summed E-state index contributed by atoms with van der Waals surface area (Å²) in [7, 11) is -0.997. The molecule has 1 aliphatic heterocycles. The number of methoxy groups -OCH3 is 2. The molecule has 1 aromatic rings. The first-order valence-corrected chi connectivity index (χ1v) is 7.17. The molecule has 0 radical (unpaired) electrons. The summed E-state index contributed by atoms with van der Waals surface area (Å²) in [6.07, 6.45) is 1.32. The van der Waals surface area contributed by atoms with E-state index in [0.717, 1.165) is 0 Å². The molecule has 0 aliphatic carbocycles. The van der Waals surface area contributed by atoms with Crippen LogP contribution in [-0.4, -0.2) is 39.1 Å². The van der Waals surface area contributed by atoms with Crippen molar-refractivity contribution in [3.63, 3.8) is 0 Å². The third kappa shape index (κ3) is 1.92. The molecule has 19 heavy (non-hydrogen) atoms. The van der Waals surface area contributed by atoms with Crippen LogP contribution in [0.4, 0.5) is 0 Å². The third-order valence-corrected chi connectivity index (χ3v) is 5.12. The van der Waals surface area contributed by atoms with Gasteiger partial charge in [0.15, 0.2) is 9.84 Å². The summed E-state index contributed by atoms with van der Waals surface area (Å²) in [6.45, 7) is 1.49. The van der Waals surface area contributed by atoms with Crippen molar-refractivity contribution in [2.45, 2.75) is 18.1 Å². The molecule has 7 nitrogen and oxygen atoms in total. The number of sulfone groups is 1. The molecule has 0 bridgehead atoms. The van der Waals surface area contributed by atoms with Crippen molar-refractivity contribution in [2.24, 2.45) is 0 Å². The largest absolute Gasteiger partial charge is 0.465 e. The minimum atomic E-state index is -3.35. The van der Waals surface area contributed by atoms with E-state index in [-0.39, 0.29) is 22.6 Å². The molecule has 0 spiro atoms. The van der Waals surface area contributed by atoms with Crippen molar-refractivity contribution >= 4 is 21.8 Å². The normalized spacial score (nSPS) is 19.8. The minimum Gasteiger partial charge on any atom is -0.465 e. The van der Waals surface area contributed by atoms with Crippen LogP contribution in [0.2, 0.25) is 0 Å². The number of carbonyl (C=O) groups is 2. The molecule has 104 valence electrons. The fourth-order valence-corrected chi connectivity index (χ4v) is 3.57. The molecule has 0 saturated carbocycles. The quantitative estimate of drug-likeness (QED) is 0.736. The van der Waals surface area contributed by atoms with Crippen LogP contribution < -0.4 is 0 Å². The molecule has 0 fully saturated rings. The lowest BCUT2D eigenvalue weighted by Gasteiger charge is -2.04. The highest BCUT2D eigenvalue weighted by atomic mass is 32.2. The van der Waals surface area contributed by atoms with E-state index in [1.54, 1.807) is 0 Å². The van der Waals surface area contributed by atoms with Crippen molar-refractivity contribution in [1.82, 2.24) is 4.57 Å². The van der Waals surface area contributed by atoms with Crippen molar-refractivity contribution in [3.05, 3.63) is 23.0 Å². The molecular weight excluding hydrogens is 274 g/mol. The number of fused-ring (bicyclic) bond motifs is 1. The summed E-state index contributed by atoms with van der Waals surface area (Å²) < 4.78 is 34.2. The summed E-state index contributed by atoms with van der Waals surface area (Å²) in [5.74, 6) is -1.75. The molecule has 0 amide bonds. The van der Waals surface area contributed by atoms with Gasteiger partial charge in [-0.2, -0.15) is 0 Å². The Hall–Kier alpha value is -1.83. The number of hydrogen-bond donors (Lipinski definition) is 0. The highest BCUT2D eigenvalue weighted by Crippen LogP contribution is 2.35. The van der Waals surface area contributed by atoms with Crippen LogP contribution in [0, 0.1) is 0 Å². The first-order chi connectivity index (χ1) is 8.83. The van der Waals surface area contributed by atoms with E-state index < -0.39 is 27.1 Å². The average molecular weight is 287 g/mol. The van der Waals surface area contributed by atoms with Gasteiger partial charge in [-0.1, -0.05) is 0 Å². The second-order valence-electron chi connectivity index (χ2n) is 4.16. The van der Waals surface area contributed by atoms with Gasteiger partial charge in [-0.25, -0.2) is 18.0 Å². The van der Waals surface area contributed by atoms with E-state index in [9.17, 15) is 18.0 Å². The van der Waals surface area contributed by atoms with Gasteiger partial charge in [0.25, 0.3) is 0 Å². The molecule has 2 heterocycles. The Morgan fingerprint density at radius 1 is 1.26 bits per heavy atom. The van der Waals surface area contributed by atoms with Gasteiger partial charge in [0.05, 0.1) is 31.1 Å². The van der Waals surface area contributed by atoms with Gasteiger partial charge in [0.2, 0.25) is 0 Å². The number of nitrogens with zero attached hydrogens (tertiary/aromatic N) is 1. The van der Waals surface area contributed by atoms with E-state index in [1.807, 2.05) is 0 Å².